The molecule has 1 fully saturated rings. The summed E-state index contributed by atoms with van der Waals surface area (Å²) in [6.07, 6.45) is 5.47. The highest BCUT2D eigenvalue weighted by molar-refractivity contribution is 5.91. The van der Waals surface area contributed by atoms with Crippen LogP contribution in [0.5, 0.6) is 0 Å². The molecule has 2 aromatic heterocycles. The van der Waals surface area contributed by atoms with Gasteiger partial charge in [0.1, 0.15) is 5.82 Å². The van der Waals surface area contributed by atoms with Crippen LogP contribution < -0.4 is 11.1 Å². The van der Waals surface area contributed by atoms with Gasteiger partial charge in [0, 0.05) is 31.4 Å². The van der Waals surface area contributed by atoms with Crippen LogP contribution in [-0.2, 0) is 6.54 Å². The SMILES string of the molecule is Nc1ncccc1CN1CCCC(CNC(=O)c2ccco2)C1. The Hall–Kier alpha value is -2.34. The predicted octanol–water partition coefficient (Wildman–Crippen LogP) is 1.90. The van der Waals surface area contributed by atoms with Gasteiger partial charge in [0.05, 0.1) is 6.26 Å². The molecular weight excluding hydrogens is 292 g/mol. The molecule has 1 unspecified atom stereocenters. The third-order valence-electron chi connectivity index (χ3n) is 4.22. The molecule has 122 valence electrons. The maximum Gasteiger partial charge on any atom is 0.286 e. The summed E-state index contributed by atoms with van der Waals surface area (Å²) in [5.41, 5.74) is 6.98. The second kappa shape index (κ2) is 7.28. The first kappa shape index (κ1) is 15.6. The van der Waals surface area contributed by atoms with Crippen molar-refractivity contribution in [2.75, 3.05) is 25.4 Å². The minimum atomic E-state index is -0.149. The number of piperidine rings is 1. The van der Waals surface area contributed by atoms with Gasteiger partial charge in [-0.05, 0) is 43.5 Å². The first-order valence-electron chi connectivity index (χ1n) is 7.96. The monoisotopic (exact) mass is 314 g/mol. The van der Waals surface area contributed by atoms with Crippen molar-refractivity contribution >= 4 is 11.7 Å². The molecule has 1 amide bonds. The molecule has 1 saturated heterocycles. The van der Waals surface area contributed by atoms with Crippen molar-refractivity contribution in [3.05, 3.63) is 48.0 Å². The van der Waals surface area contributed by atoms with Gasteiger partial charge >= 0.3 is 0 Å². The van der Waals surface area contributed by atoms with E-state index < -0.39 is 0 Å². The van der Waals surface area contributed by atoms with Gasteiger partial charge in [0.2, 0.25) is 0 Å². The van der Waals surface area contributed by atoms with E-state index in [1.165, 1.54) is 6.26 Å². The molecule has 0 radical (unpaired) electrons. The first-order valence-corrected chi connectivity index (χ1v) is 7.96. The largest absolute Gasteiger partial charge is 0.459 e. The molecule has 6 nitrogen and oxygen atoms in total. The number of nitrogens with zero attached hydrogens (tertiary/aromatic N) is 2. The number of nitrogen functional groups attached to an aromatic ring is 1. The molecule has 0 bridgehead atoms. The van der Waals surface area contributed by atoms with Gasteiger partial charge in [-0.2, -0.15) is 0 Å². The van der Waals surface area contributed by atoms with E-state index in [2.05, 4.69) is 15.2 Å². The molecule has 6 heteroatoms. The average Bonchev–Trinajstić information content (AvgIpc) is 3.10. The van der Waals surface area contributed by atoms with Crippen molar-refractivity contribution in [2.24, 2.45) is 5.92 Å². The summed E-state index contributed by atoms with van der Waals surface area (Å²) in [7, 11) is 0. The Labute approximate surface area is 135 Å². The van der Waals surface area contributed by atoms with E-state index in [0.717, 1.165) is 38.0 Å². The van der Waals surface area contributed by atoms with Gasteiger partial charge in [-0.15, -0.1) is 0 Å². The van der Waals surface area contributed by atoms with Gasteiger partial charge in [0.15, 0.2) is 5.76 Å². The van der Waals surface area contributed by atoms with Crippen molar-refractivity contribution in [1.29, 1.82) is 0 Å². The van der Waals surface area contributed by atoms with Crippen LogP contribution in [0.4, 0.5) is 5.82 Å². The zero-order valence-electron chi connectivity index (χ0n) is 13.1. The Morgan fingerprint density at radius 3 is 3.13 bits per heavy atom. The fourth-order valence-electron chi connectivity index (χ4n) is 3.02. The molecular formula is C17H22N4O2. The van der Waals surface area contributed by atoms with Gasteiger partial charge in [-0.3, -0.25) is 9.69 Å². The number of anilines is 1. The highest BCUT2D eigenvalue weighted by Gasteiger charge is 2.21. The van der Waals surface area contributed by atoms with E-state index in [1.807, 2.05) is 12.1 Å². The molecule has 2 aromatic rings. The Morgan fingerprint density at radius 2 is 2.35 bits per heavy atom. The highest BCUT2D eigenvalue weighted by Crippen LogP contribution is 2.19. The summed E-state index contributed by atoms with van der Waals surface area (Å²) >= 11 is 0. The minimum Gasteiger partial charge on any atom is -0.459 e. The molecule has 1 atom stereocenters. The molecule has 3 N–H and O–H groups in total. The lowest BCUT2D eigenvalue weighted by Crippen LogP contribution is -2.40. The van der Waals surface area contributed by atoms with E-state index in [4.69, 9.17) is 10.2 Å². The number of amides is 1. The second-order valence-electron chi connectivity index (χ2n) is 5.98. The normalized spacial score (nSPS) is 18.7. The number of nitrogens with one attached hydrogen (secondary N) is 1. The number of aromatic nitrogens is 1. The lowest BCUT2D eigenvalue weighted by molar-refractivity contribution is 0.0903. The summed E-state index contributed by atoms with van der Waals surface area (Å²) in [5.74, 6) is 1.26. The molecule has 0 aliphatic carbocycles. The lowest BCUT2D eigenvalue weighted by Gasteiger charge is -2.32. The third kappa shape index (κ3) is 4.10. The maximum atomic E-state index is 11.9. The molecule has 1 aliphatic rings. The summed E-state index contributed by atoms with van der Waals surface area (Å²) in [6.45, 7) is 3.48. The summed E-state index contributed by atoms with van der Waals surface area (Å²) in [4.78, 5) is 18.4. The van der Waals surface area contributed by atoms with Crippen LogP contribution in [0.25, 0.3) is 0 Å². The fraction of sp³-hybridized carbons (Fsp3) is 0.412. The third-order valence-corrected chi connectivity index (χ3v) is 4.22. The topological polar surface area (TPSA) is 84.4 Å². The molecule has 3 rings (SSSR count). The number of nitrogens with two attached hydrogens (primary N) is 1. The maximum absolute atomic E-state index is 11.9. The van der Waals surface area contributed by atoms with Crippen molar-refractivity contribution in [3.63, 3.8) is 0 Å². The molecule has 1 aliphatic heterocycles. The van der Waals surface area contributed by atoms with E-state index in [0.29, 0.717) is 24.0 Å². The Balaban J connectivity index is 1.50. The molecule has 0 spiro atoms. The smallest absolute Gasteiger partial charge is 0.286 e. The van der Waals surface area contributed by atoms with Crippen molar-refractivity contribution in [1.82, 2.24) is 15.2 Å². The van der Waals surface area contributed by atoms with Crippen LogP contribution in [0.1, 0.15) is 29.0 Å². The quantitative estimate of drug-likeness (QED) is 0.880. The standard InChI is InChI=1S/C17H22N4O2/c18-16-14(5-1-7-19-16)12-21-8-2-4-13(11-21)10-20-17(22)15-6-3-9-23-15/h1,3,5-7,9,13H,2,4,8,10-12H2,(H2,18,19)(H,20,22). The summed E-state index contributed by atoms with van der Waals surface area (Å²) < 4.78 is 5.11. The fourth-order valence-corrected chi connectivity index (χ4v) is 3.02. The van der Waals surface area contributed by atoms with E-state index in [-0.39, 0.29) is 5.91 Å². The second-order valence-corrected chi connectivity index (χ2v) is 5.98. The number of likely N-dealkylation sites (tertiary alicyclic amines) is 1. The first-order chi connectivity index (χ1) is 11.2. The summed E-state index contributed by atoms with van der Waals surface area (Å²) in [5, 5.41) is 2.95. The van der Waals surface area contributed by atoms with Crippen LogP contribution in [0.15, 0.2) is 41.1 Å². The molecule has 3 heterocycles. The number of carbonyl (C=O) groups excluding carboxylic acids is 1. The zero-order chi connectivity index (χ0) is 16.1. The predicted molar refractivity (Wildman–Crippen MR) is 87.7 cm³/mol. The van der Waals surface area contributed by atoms with E-state index in [1.54, 1.807) is 18.3 Å². The molecule has 0 saturated carbocycles. The van der Waals surface area contributed by atoms with Crippen molar-refractivity contribution in [2.45, 2.75) is 19.4 Å². The van der Waals surface area contributed by atoms with Crippen LogP contribution in [0.3, 0.4) is 0 Å². The summed E-state index contributed by atoms with van der Waals surface area (Å²) in [6, 6.07) is 7.32. The Kier molecular flexibility index (Phi) is 4.92. The van der Waals surface area contributed by atoms with Gasteiger partial charge in [-0.25, -0.2) is 4.98 Å². The molecule has 0 aromatic carbocycles. The van der Waals surface area contributed by atoms with E-state index in [9.17, 15) is 4.79 Å². The van der Waals surface area contributed by atoms with E-state index >= 15 is 0 Å². The van der Waals surface area contributed by atoms with Crippen LogP contribution in [0.2, 0.25) is 0 Å². The van der Waals surface area contributed by atoms with Gasteiger partial charge in [0.25, 0.3) is 5.91 Å². The number of rotatable bonds is 5. The van der Waals surface area contributed by atoms with Crippen LogP contribution in [-0.4, -0.2) is 35.4 Å². The molecule has 23 heavy (non-hydrogen) atoms. The van der Waals surface area contributed by atoms with Crippen LogP contribution in [0, 0.1) is 5.92 Å². The lowest BCUT2D eigenvalue weighted by atomic mass is 9.97. The number of hydrogen-bond donors (Lipinski definition) is 2. The van der Waals surface area contributed by atoms with Gasteiger partial charge < -0.3 is 15.5 Å². The highest BCUT2D eigenvalue weighted by atomic mass is 16.3. The number of pyridine rings is 1. The van der Waals surface area contributed by atoms with Crippen LogP contribution >= 0.6 is 0 Å². The zero-order valence-corrected chi connectivity index (χ0v) is 13.1. The van der Waals surface area contributed by atoms with Crippen molar-refractivity contribution in [3.8, 4) is 0 Å². The Morgan fingerprint density at radius 1 is 1.43 bits per heavy atom. The minimum absolute atomic E-state index is 0.149. The Bertz CT molecular complexity index is 642. The van der Waals surface area contributed by atoms with Gasteiger partial charge in [-0.1, -0.05) is 6.07 Å². The van der Waals surface area contributed by atoms with Crippen molar-refractivity contribution < 1.29 is 9.21 Å². The number of carbonyl (C=O) groups is 1. The average molecular weight is 314 g/mol. The number of hydrogen-bond acceptors (Lipinski definition) is 5. The number of furan rings is 1.